The van der Waals surface area contributed by atoms with Crippen molar-refractivity contribution in [2.24, 2.45) is 11.8 Å². The van der Waals surface area contributed by atoms with E-state index in [9.17, 15) is 15.0 Å². The normalized spacial score (nSPS) is 37.4. The minimum absolute atomic E-state index is 0.0136. The molecule has 5 rings (SSSR count). The second-order valence-corrected chi connectivity index (χ2v) is 9.94. The average Bonchev–Trinajstić information content (AvgIpc) is 3.47. The molecule has 3 fully saturated rings. The number of phenols is 1. The first-order valence-electron chi connectivity index (χ1n) is 11.3. The zero-order valence-electron chi connectivity index (χ0n) is 17.0. The number of benzene rings is 1. The summed E-state index contributed by atoms with van der Waals surface area (Å²) in [6.07, 6.45) is 8.33. The van der Waals surface area contributed by atoms with Crippen molar-refractivity contribution in [1.82, 2.24) is 4.90 Å². The molecule has 1 heterocycles. The lowest BCUT2D eigenvalue weighted by Gasteiger charge is -2.64. The summed E-state index contributed by atoms with van der Waals surface area (Å²) in [6, 6.07) is 5.71. The van der Waals surface area contributed by atoms with Crippen LogP contribution in [0.15, 0.2) is 18.2 Å². The number of hydrogen-bond acceptors (Lipinski definition) is 4. The van der Waals surface area contributed by atoms with Gasteiger partial charge < -0.3 is 10.2 Å². The highest BCUT2D eigenvalue weighted by Gasteiger charge is 2.66. The SMILES string of the molecule is CCCC[C@H]1C[C@@]2(O)[C@H]3Cc4ccc(O)cc4[C@@]2(CCN3CC2CC2)CC1=O. The first-order chi connectivity index (χ1) is 13.5. The van der Waals surface area contributed by atoms with Gasteiger partial charge in [-0.2, -0.15) is 0 Å². The molecule has 0 radical (unpaired) electrons. The maximum atomic E-state index is 13.2. The molecule has 1 saturated heterocycles. The Hall–Kier alpha value is -1.39. The number of carbonyl (C=O) groups is 1. The summed E-state index contributed by atoms with van der Waals surface area (Å²) < 4.78 is 0. The van der Waals surface area contributed by atoms with Crippen LogP contribution in [0.25, 0.3) is 0 Å². The van der Waals surface area contributed by atoms with Gasteiger partial charge in [0.1, 0.15) is 11.5 Å². The molecule has 3 aliphatic carbocycles. The van der Waals surface area contributed by atoms with Crippen molar-refractivity contribution in [3.8, 4) is 5.75 Å². The van der Waals surface area contributed by atoms with Gasteiger partial charge in [0.25, 0.3) is 0 Å². The fraction of sp³-hybridized carbons (Fsp3) is 0.708. The highest BCUT2D eigenvalue weighted by Crippen LogP contribution is 2.59. The number of ketones is 1. The Kier molecular flexibility index (Phi) is 4.37. The van der Waals surface area contributed by atoms with E-state index in [1.54, 1.807) is 6.07 Å². The first-order valence-corrected chi connectivity index (χ1v) is 11.3. The molecule has 2 bridgehead atoms. The molecule has 2 N–H and O–H groups in total. The largest absolute Gasteiger partial charge is 0.508 e. The van der Waals surface area contributed by atoms with E-state index in [1.807, 2.05) is 12.1 Å². The first kappa shape index (κ1) is 18.6. The van der Waals surface area contributed by atoms with E-state index in [2.05, 4.69) is 11.8 Å². The van der Waals surface area contributed by atoms with Gasteiger partial charge in [0.2, 0.25) is 0 Å². The summed E-state index contributed by atoms with van der Waals surface area (Å²) >= 11 is 0. The smallest absolute Gasteiger partial charge is 0.137 e. The van der Waals surface area contributed by atoms with E-state index in [0.29, 0.717) is 18.6 Å². The quantitative estimate of drug-likeness (QED) is 0.816. The number of rotatable bonds is 5. The molecule has 28 heavy (non-hydrogen) atoms. The van der Waals surface area contributed by atoms with Gasteiger partial charge in [-0.1, -0.05) is 25.8 Å². The van der Waals surface area contributed by atoms with E-state index in [4.69, 9.17) is 0 Å². The number of unbranched alkanes of at least 4 members (excludes halogenated alkanes) is 1. The van der Waals surface area contributed by atoms with Crippen LogP contribution >= 0.6 is 0 Å². The van der Waals surface area contributed by atoms with Crippen molar-refractivity contribution in [2.45, 2.75) is 81.8 Å². The lowest BCUT2D eigenvalue weighted by atomic mass is 9.47. The lowest BCUT2D eigenvalue weighted by molar-refractivity contribution is -0.182. The molecular formula is C24H33NO3. The van der Waals surface area contributed by atoms with Gasteiger partial charge in [-0.3, -0.25) is 9.69 Å². The van der Waals surface area contributed by atoms with Crippen molar-refractivity contribution in [1.29, 1.82) is 0 Å². The minimum Gasteiger partial charge on any atom is -0.508 e. The number of phenolic OH excluding ortho intramolecular Hbond substituents is 1. The molecule has 4 aliphatic rings. The number of aliphatic hydroxyl groups is 1. The molecular weight excluding hydrogens is 350 g/mol. The third-order valence-electron chi connectivity index (χ3n) is 8.25. The van der Waals surface area contributed by atoms with Gasteiger partial charge >= 0.3 is 0 Å². The van der Waals surface area contributed by atoms with Crippen molar-refractivity contribution in [2.75, 3.05) is 13.1 Å². The summed E-state index contributed by atoms with van der Waals surface area (Å²) in [4.78, 5) is 15.7. The van der Waals surface area contributed by atoms with Crippen LogP contribution in [-0.4, -0.2) is 45.6 Å². The standard InChI is InChI=1S/C24H33NO3/c1-2-3-4-18-13-24(28)22-11-17-7-8-19(26)12-20(17)23(24,14-21(18)27)9-10-25(22)15-16-5-6-16/h7-8,12,16,18,22,26,28H,2-6,9-11,13-15H2,1H3/t18-,22+,23+,24+/m0/s1. The van der Waals surface area contributed by atoms with Crippen molar-refractivity contribution in [3.63, 3.8) is 0 Å². The summed E-state index contributed by atoms with van der Waals surface area (Å²) in [5.41, 5.74) is 0.865. The van der Waals surface area contributed by atoms with Crippen molar-refractivity contribution in [3.05, 3.63) is 29.3 Å². The summed E-state index contributed by atoms with van der Waals surface area (Å²) in [6.45, 7) is 4.20. The summed E-state index contributed by atoms with van der Waals surface area (Å²) in [7, 11) is 0. The Balaban J connectivity index is 1.58. The van der Waals surface area contributed by atoms with E-state index >= 15 is 0 Å². The van der Waals surface area contributed by atoms with Gasteiger partial charge in [0.05, 0.1) is 5.60 Å². The molecule has 4 atom stereocenters. The Morgan fingerprint density at radius 3 is 2.86 bits per heavy atom. The number of nitrogens with zero attached hydrogens (tertiary/aromatic N) is 1. The maximum absolute atomic E-state index is 13.2. The van der Waals surface area contributed by atoms with Crippen LogP contribution < -0.4 is 0 Å². The van der Waals surface area contributed by atoms with Crippen LogP contribution in [-0.2, 0) is 16.6 Å². The molecule has 0 aromatic heterocycles. The molecule has 0 amide bonds. The van der Waals surface area contributed by atoms with Crippen LogP contribution in [0.1, 0.15) is 69.4 Å². The van der Waals surface area contributed by atoms with Crippen molar-refractivity contribution >= 4 is 5.78 Å². The number of fused-ring (bicyclic) bond motifs is 1. The molecule has 0 spiro atoms. The third-order valence-corrected chi connectivity index (χ3v) is 8.25. The fourth-order valence-electron chi connectivity index (χ4n) is 6.55. The minimum atomic E-state index is -0.868. The number of likely N-dealkylation sites (tertiary alicyclic amines) is 1. The molecule has 4 heteroatoms. The second kappa shape index (κ2) is 6.56. The predicted octanol–water partition coefficient (Wildman–Crippen LogP) is 3.57. The van der Waals surface area contributed by atoms with Crippen LogP contribution in [0.4, 0.5) is 0 Å². The highest BCUT2D eigenvalue weighted by molar-refractivity contribution is 5.85. The zero-order valence-corrected chi connectivity index (χ0v) is 17.0. The third kappa shape index (κ3) is 2.68. The molecule has 4 nitrogen and oxygen atoms in total. The number of aromatic hydroxyl groups is 1. The predicted molar refractivity (Wildman–Crippen MR) is 108 cm³/mol. The van der Waals surface area contributed by atoms with E-state index in [1.165, 1.54) is 18.4 Å². The zero-order chi connectivity index (χ0) is 19.5. The molecule has 2 saturated carbocycles. The molecule has 1 aromatic rings. The van der Waals surface area contributed by atoms with Gasteiger partial charge in [-0.25, -0.2) is 0 Å². The van der Waals surface area contributed by atoms with Crippen LogP contribution in [0.5, 0.6) is 5.75 Å². The van der Waals surface area contributed by atoms with Crippen LogP contribution in [0, 0.1) is 11.8 Å². The van der Waals surface area contributed by atoms with E-state index in [0.717, 1.165) is 56.7 Å². The average molecular weight is 384 g/mol. The molecule has 0 unspecified atom stereocenters. The molecule has 1 aromatic carbocycles. The maximum Gasteiger partial charge on any atom is 0.137 e. The Labute approximate surface area is 167 Å². The summed E-state index contributed by atoms with van der Waals surface area (Å²) in [5, 5.41) is 22.5. The number of piperidine rings is 1. The van der Waals surface area contributed by atoms with Gasteiger partial charge in [-0.15, -0.1) is 0 Å². The van der Waals surface area contributed by atoms with Crippen LogP contribution in [0.2, 0.25) is 0 Å². The number of hydrogen-bond donors (Lipinski definition) is 2. The Morgan fingerprint density at radius 1 is 1.29 bits per heavy atom. The fourth-order valence-corrected chi connectivity index (χ4v) is 6.55. The molecule has 152 valence electrons. The Bertz CT molecular complexity index is 788. The van der Waals surface area contributed by atoms with Gasteiger partial charge in [-0.05, 0) is 74.2 Å². The lowest BCUT2D eigenvalue weighted by Crippen LogP contribution is -2.74. The monoisotopic (exact) mass is 383 g/mol. The number of Topliss-reactive ketones (excluding diaryl/α,β-unsaturated/α-hetero) is 1. The van der Waals surface area contributed by atoms with Crippen LogP contribution in [0.3, 0.4) is 0 Å². The Morgan fingerprint density at radius 2 is 2.11 bits per heavy atom. The second-order valence-electron chi connectivity index (χ2n) is 9.94. The van der Waals surface area contributed by atoms with E-state index in [-0.39, 0.29) is 17.7 Å². The summed E-state index contributed by atoms with van der Waals surface area (Å²) in [5.74, 6) is 1.34. The highest BCUT2D eigenvalue weighted by atomic mass is 16.3. The number of carbonyl (C=O) groups excluding carboxylic acids is 1. The van der Waals surface area contributed by atoms with Crippen molar-refractivity contribution < 1.29 is 15.0 Å². The van der Waals surface area contributed by atoms with Gasteiger partial charge in [0, 0.05) is 30.3 Å². The van der Waals surface area contributed by atoms with Gasteiger partial charge in [0.15, 0.2) is 0 Å². The van der Waals surface area contributed by atoms with E-state index < -0.39 is 11.0 Å². The topological polar surface area (TPSA) is 60.8 Å². The molecule has 1 aliphatic heterocycles.